The lowest BCUT2D eigenvalue weighted by Gasteiger charge is -2.24. The molecular weight excluding hydrogens is 203 g/mol. The zero-order chi connectivity index (χ0) is 11.3. The first kappa shape index (κ1) is 12.6. The van der Waals surface area contributed by atoms with Crippen LogP contribution in [0.25, 0.3) is 0 Å². The Morgan fingerprint density at radius 3 is 2.47 bits per heavy atom. The summed E-state index contributed by atoms with van der Waals surface area (Å²) < 4.78 is 37.9. The molecule has 1 N–H and O–H groups in total. The Balaban J connectivity index is 2.72. The van der Waals surface area contributed by atoms with Crippen molar-refractivity contribution in [2.24, 2.45) is 0 Å². The van der Waals surface area contributed by atoms with E-state index in [1.165, 1.54) is 7.05 Å². The molecule has 88 valence electrons. The van der Waals surface area contributed by atoms with E-state index in [0.29, 0.717) is 12.0 Å². The Morgan fingerprint density at radius 2 is 1.87 bits per heavy atom. The first-order valence-electron chi connectivity index (χ1n) is 5.48. The van der Waals surface area contributed by atoms with Crippen LogP contribution in [-0.4, -0.2) is 19.3 Å². The van der Waals surface area contributed by atoms with E-state index in [2.05, 4.69) is 5.32 Å². The van der Waals surface area contributed by atoms with Crippen molar-refractivity contribution in [2.45, 2.75) is 50.7 Å². The molecule has 0 aromatic rings. The van der Waals surface area contributed by atoms with Crippen LogP contribution in [-0.2, 0) is 0 Å². The molecule has 1 rings (SSSR count). The van der Waals surface area contributed by atoms with Gasteiger partial charge in [-0.05, 0) is 38.3 Å². The van der Waals surface area contributed by atoms with Crippen molar-refractivity contribution in [3.8, 4) is 0 Å². The zero-order valence-electron chi connectivity index (χ0n) is 9.03. The predicted octanol–water partition coefficient (Wildman–Crippen LogP) is 3.42. The summed E-state index contributed by atoms with van der Waals surface area (Å²) in [5.41, 5.74) is 0.518. The number of hydrogen-bond donors (Lipinski definition) is 1. The second-order valence-corrected chi connectivity index (χ2v) is 4.00. The molecular formula is C11H18F3N. The van der Waals surface area contributed by atoms with Gasteiger partial charge in [0.1, 0.15) is 6.04 Å². The van der Waals surface area contributed by atoms with Crippen LogP contribution < -0.4 is 5.32 Å². The quantitative estimate of drug-likeness (QED) is 0.704. The first-order chi connectivity index (χ1) is 7.05. The number of rotatable bonds is 2. The van der Waals surface area contributed by atoms with E-state index in [-0.39, 0.29) is 0 Å². The van der Waals surface area contributed by atoms with E-state index in [9.17, 15) is 13.2 Å². The van der Waals surface area contributed by atoms with Gasteiger partial charge in [0.2, 0.25) is 0 Å². The Kier molecular flexibility index (Phi) is 4.64. The van der Waals surface area contributed by atoms with Crippen molar-refractivity contribution < 1.29 is 13.2 Å². The Morgan fingerprint density at radius 1 is 1.20 bits per heavy atom. The van der Waals surface area contributed by atoms with Crippen LogP contribution in [0, 0.1) is 0 Å². The third-order valence-corrected chi connectivity index (χ3v) is 2.81. The van der Waals surface area contributed by atoms with E-state index in [4.69, 9.17) is 0 Å². The van der Waals surface area contributed by atoms with Crippen LogP contribution in [0.3, 0.4) is 0 Å². The van der Waals surface area contributed by atoms with Crippen molar-refractivity contribution in [1.29, 1.82) is 0 Å². The summed E-state index contributed by atoms with van der Waals surface area (Å²) in [7, 11) is 1.37. The standard InChI is InChI=1S/C11H18F3N/c1-15-10(11(12,13)14)9-7-5-3-2-4-6-8-9/h7,10,15H,2-6,8H2,1H3. The molecule has 0 heterocycles. The van der Waals surface area contributed by atoms with E-state index in [1.54, 1.807) is 6.08 Å². The molecule has 1 aliphatic rings. The van der Waals surface area contributed by atoms with Crippen molar-refractivity contribution in [2.75, 3.05) is 7.05 Å². The minimum absolute atomic E-state index is 0.518. The van der Waals surface area contributed by atoms with Gasteiger partial charge < -0.3 is 5.32 Å². The van der Waals surface area contributed by atoms with Crippen molar-refractivity contribution in [3.63, 3.8) is 0 Å². The maximum Gasteiger partial charge on any atom is 0.407 e. The van der Waals surface area contributed by atoms with Crippen molar-refractivity contribution in [1.82, 2.24) is 5.32 Å². The second-order valence-electron chi connectivity index (χ2n) is 4.00. The van der Waals surface area contributed by atoms with Gasteiger partial charge in [-0.2, -0.15) is 13.2 Å². The highest BCUT2D eigenvalue weighted by molar-refractivity contribution is 5.14. The fraction of sp³-hybridized carbons (Fsp3) is 0.818. The highest BCUT2D eigenvalue weighted by Gasteiger charge is 2.40. The van der Waals surface area contributed by atoms with Crippen LogP contribution in [0.1, 0.15) is 38.5 Å². The summed E-state index contributed by atoms with van der Waals surface area (Å²) in [5, 5.41) is 2.37. The molecule has 1 nitrogen and oxygen atoms in total. The number of alkyl halides is 3. The maximum atomic E-state index is 12.6. The van der Waals surface area contributed by atoms with Crippen LogP contribution in [0.15, 0.2) is 11.6 Å². The monoisotopic (exact) mass is 221 g/mol. The average Bonchev–Trinajstić information content (AvgIpc) is 2.07. The van der Waals surface area contributed by atoms with Gasteiger partial charge in [0, 0.05) is 0 Å². The lowest BCUT2D eigenvalue weighted by atomic mass is 9.95. The van der Waals surface area contributed by atoms with Crippen LogP contribution in [0.4, 0.5) is 13.2 Å². The fourth-order valence-electron chi connectivity index (χ4n) is 2.04. The Labute approximate surface area is 88.7 Å². The van der Waals surface area contributed by atoms with Gasteiger partial charge in [0.25, 0.3) is 0 Å². The Bertz CT molecular complexity index is 220. The fourth-order valence-corrected chi connectivity index (χ4v) is 2.04. The number of nitrogens with one attached hydrogen (secondary N) is 1. The molecule has 1 atom stereocenters. The molecule has 0 aliphatic heterocycles. The normalized spacial score (nSPS) is 21.5. The van der Waals surface area contributed by atoms with Crippen LogP contribution in [0.5, 0.6) is 0 Å². The number of allylic oxidation sites excluding steroid dienone is 1. The summed E-state index contributed by atoms with van der Waals surface area (Å²) in [4.78, 5) is 0. The second kappa shape index (κ2) is 5.54. The van der Waals surface area contributed by atoms with E-state index in [0.717, 1.165) is 32.1 Å². The van der Waals surface area contributed by atoms with E-state index < -0.39 is 12.2 Å². The topological polar surface area (TPSA) is 12.0 Å². The lowest BCUT2D eigenvalue weighted by Crippen LogP contribution is -2.41. The third kappa shape index (κ3) is 3.86. The lowest BCUT2D eigenvalue weighted by molar-refractivity contribution is -0.146. The minimum atomic E-state index is -4.17. The summed E-state index contributed by atoms with van der Waals surface area (Å²) in [6.45, 7) is 0. The first-order valence-corrected chi connectivity index (χ1v) is 5.48. The van der Waals surface area contributed by atoms with Gasteiger partial charge in [-0.3, -0.25) is 0 Å². The van der Waals surface area contributed by atoms with Gasteiger partial charge in [0.15, 0.2) is 0 Å². The van der Waals surface area contributed by atoms with Crippen LogP contribution in [0.2, 0.25) is 0 Å². The summed E-state index contributed by atoms with van der Waals surface area (Å²) in [6, 6.07) is -1.45. The molecule has 0 saturated heterocycles. The highest BCUT2D eigenvalue weighted by Crippen LogP contribution is 2.29. The molecule has 0 amide bonds. The molecule has 4 heteroatoms. The molecule has 0 bridgehead atoms. The average molecular weight is 221 g/mol. The highest BCUT2D eigenvalue weighted by atomic mass is 19.4. The Hall–Kier alpha value is -0.510. The minimum Gasteiger partial charge on any atom is -0.306 e. The smallest absolute Gasteiger partial charge is 0.306 e. The SMILES string of the molecule is CNC(C1=CCCCCCC1)C(F)(F)F. The molecule has 0 spiro atoms. The van der Waals surface area contributed by atoms with Gasteiger partial charge >= 0.3 is 6.18 Å². The number of likely N-dealkylation sites (N-methyl/N-ethyl adjacent to an activating group) is 1. The summed E-state index contributed by atoms with van der Waals surface area (Å²) in [6.07, 6.45) is 3.03. The van der Waals surface area contributed by atoms with Crippen molar-refractivity contribution in [3.05, 3.63) is 11.6 Å². The maximum absolute atomic E-state index is 12.6. The zero-order valence-corrected chi connectivity index (χ0v) is 9.03. The summed E-state index contributed by atoms with van der Waals surface area (Å²) >= 11 is 0. The molecule has 0 radical (unpaired) electrons. The van der Waals surface area contributed by atoms with Gasteiger partial charge in [0.05, 0.1) is 0 Å². The molecule has 1 aliphatic carbocycles. The van der Waals surface area contributed by atoms with Crippen molar-refractivity contribution >= 4 is 0 Å². The molecule has 1 unspecified atom stereocenters. The van der Waals surface area contributed by atoms with Gasteiger partial charge in [-0.25, -0.2) is 0 Å². The van der Waals surface area contributed by atoms with E-state index >= 15 is 0 Å². The number of halogens is 3. The largest absolute Gasteiger partial charge is 0.407 e. The van der Waals surface area contributed by atoms with E-state index in [1.807, 2.05) is 0 Å². The molecule has 15 heavy (non-hydrogen) atoms. The third-order valence-electron chi connectivity index (χ3n) is 2.81. The molecule has 0 aromatic carbocycles. The molecule has 0 aromatic heterocycles. The molecule has 0 saturated carbocycles. The van der Waals surface area contributed by atoms with Gasteiger partial charge in [-0.1, -0.05) is 18.9 Å². The number of hydrogen-bond acceptors (Lipinski definition) is 1. The predicted molar refractivity (Wildman–Crippen MR) is 54.7 cm³/mol. The van der Waals surface area contributed by atoms with Gasteiger partial charge in [-0.15, -0.1) is 0 Å². The molecule has 0 fully saturated rings. The van der Waals surface area contributed by atoms with Crippen LogP contribution >= 0.6 is 0 Å². The summed E-state index contributed by atoms with van der Waals surface area (Å²) in [5.74, 6) is 0.